The van der Waals surface area contributed by atoms with Gasteiger partial charge in [-0.25, -0.2) is 0 Å². The van der Waals surface area contributed by atoms with E-state index in [4.69, 9.17) is 0 Å². The number of fused-ring (bicyclic) bond motifs is 1. The number of hydrogen-bond donors (Lipinski definition) is 1. The average molecular weight is 255 g/mol. The van der Waals surface area contributed by atoms with Crippen LogP contribution in [0.25, 0.3) is 0 Å². The van der Waals surface area contributed by atoms with Crippen LogP contribution in [0.4, 0.5) is 0 Å². The molecule has 5 nitrogen and oxygen atoms in total. The minimum absolute atomic E-state index is 0.149. The van der Waals surface area contributed by atoms with Crippen molar-refractivity contribution in [3.8, 4) is 0 Å². The van der Waals surface area contributed by atoms with Gasteiger partial charge in [0.25, 0.3) is 10.1 Å². The molecular weight excluding hydrogens is 242 g/mol. The normalized spacial score (nSPS) is 15.9. The maximum Gasteiger partial charge on any atom is 0.294 e. The minimum Gasteiger partial charge on any atom is -0.298 e. The summed E-state index contributed by atoms with van der Waals surface area (Å²) in [6, 6.07) is 2.94. The molecule has 0 amide bonds. The number of rotatable bonds is 2. The molecule has 0 aliphatic carbocycles. The fraction of sp³-hybridized carbons (Fsp3) is 0.364. The Bertz CT molecular complexity index is 592. The van der Waals surface area contributed by atoms with Crippen molar-refractivity contribution in [1.82, 2.24) is 4.90 Å². The first-order valence-electron chi connectivity index (χ1n) is 5.12. The molecular formula is C11H13NO4S. The molecule has 17 heavy (non-hydrogen) atoms. The van der Waals surface area contributed by atoms with Crippen LogP contribution in [0.15, 0.2) is 17.0 Å². The van der Waals surface area contributed by atoms with Gasteiger partial charge >= 0.3 is 0 Å². The highest BCUT2D eigenvalue weighted by molar-refractivity contribution is 7.85. The van der Waals surface area contributed by atoms with Crippen LogP contribution >= 0.6 is 0 Å². The SMILES string of the molecule is CC(=O)c1cc2c(c(S(=O)(=O)O)c1)CN(C)C2. The number of Topliss-reactive ketones (excluding diaryl/α,β-unsaturated/α-hetero) is 1. The molecule has 1 aromatic rings. The number of carbonyl (C=O) groups is 1. The van der Waals surface area contributed by atoms with Gasteiger partial charge in [-0.05, 0) is 37.2 Å². The summed E-state index contributed by atoms with van der Waals surface area (Å²) in [5.74, 6) is -0.216. The molecule has 0 fully saturated rings. The highest BCUT2D eigenvalue weighted by Gasteiger charge is 2.26. The van der Waals surface area contributed by atoms with E-state index in [-0.39, 0.29) is 10.7 Å². The molecule has 1 aliphatic heterocycles. The monoisotopic (exact) mass is 255 g/mol. The lowest BCUT2D eigenvalue weighted by Gasteiger charge is -2.07. The predicted molar refractivity (Wildman–Crippen MR) is 61.4 cm³/mol. The number of benzene rings is 1. The van der Waals surface area contributed by atoms with Crippen LogP contribution in [0.1, 0.15) is 28.4 Å². The Balaban J connectivity index is 2.71. The molecule has 0 bridgehead atoms. The first kappa shape index (κ1) is 12.2. The standard InChI is InChI=1S/C11H13NO4S/c1-7(13)8-3-9-5-12(2)6-10(9)11(4-8)17(14,15)16/h3-4H,5-6H2,1-2H3,(H,14,15,16). The zero-order valence-electron chi connectivity index (χ0n) is 9.60. The molecule has 1 N–H and O–H groups in total. The van der Waals surface area contributed by atoms with Gasteiger partial charge in [0.1, 0.15) is 0 Å². The summed E-state index contributed by atoms with van der Waals surface area (Å²) in [4.78, 5) is 13.1. The third-order valence-corrected chi connectivity index (χ3v) is 3.77. The van der Waals surface area contributed by atoms with Gasteiger partial charge in [-0.1, -0.05) is 0 Å². The van der Waals surface area contributed by atoms with E-state index in [1.54, 1.807) is 6.07 Å². The zero-order valence-corrected chi connectivity index (χ0v) is 10.4. The summed E-state index contributed by atoms with van der Waals surface area (Å²) in [6.07, 6.45) is 0. The Labute approximate surface area is 99.8 Å². The smallest absolute Gasteiger partial charge is 0.294 e. The van der Waals surface area contributed by atoms with Crippen LogP contribution in [-0.4, -0.2) is 30.7 Å². The van der Waals surface area contributed by atoms with Crippen molar-refractivity contribution in [2.45, 2.75) is 24.9 Å². The van der Waals surface area contributed by atoms with Crippen LogP contribution in [0.3, 0.4) is 0 Å². The molecule has 0 radical (unpaired) electrons. The van der Waals surface area contributed by atoms with Crippen molar-refractivity contribution in [1.29, 1.82) is 0 Å². The second-order valence-corrected chi connectivity index (χ2v) is 5.71. The maximum atomic E-state index is 11.3. The average Bonchev–Trinajstić information content (AvgIpc) is 2.54. The first-order chi connectivity index (χ1) is 7.79. The van der Waals surface area contributed by atoms with Crippen molar-refractivity contribution in [2.24, 2.45) is 0 Å². The molecule has 0 atom stereocenters. The lowest BCUT2D eigenvalue weighted by Crippen LogP contribution is -2.09. The van der Waals surface area contributed by atoms with E-state index in [0.29, 0.717) is 24.2 Å². The van der Waals surface area contributed by atoms with Gasteiger partial charge in [-0.2, -0.15) is 8.42 Å². The highest BCUT2D eigenvalue weighted by Crippen LogP contribution is 2.29. The van der Waals surface area contributed by atoms with Crippen LogP contribution in [-0.2, 0) is 23.2 Å². The molecule has 0 aromatic heterocycles. The molecule has 0 saturated heterocycles. The van der Waals surface area contributed by atoms with E-state index in [1.165, 1.54) is 13.0 Å². The maximum absolute atomic E-state index is 11.3. The van der Waals surface area contributed by atoms with Gasteiger partial charge in [0.2, 0.25) is 0 Å². The van der Waals surface area contributed by atoms with Gasteiger partial charge < -0.3 is 0 Å². The summed E-state index contributed by atoms with van der Waals surface area (Å²) < 4.78 is 31.8. The van der Waals surface area contributed by atoms with Gasteiger partial charge in [-0.15, -0.1) is 0 Å². The van der Waals surface area contributed by atoms with E-state index in [1.807, 2.05) is 11.9 Å². The summed E-state index contributed by atoms with van der Waals surface area (Å²) in [7, 11) is -2.44. The Morgan fingerprint density at radius 2 is 2.00 bits per heavy atom. The summed E-state index contributed by atoms with van der Waals surface area (Å²) >= 11 is 0. The van der Waals surface area contributed by atoms with Crippen molar-refractivity contribution in [3.63, 3.8) is 0 Å². The number of hydrogen-bond acceptors (Lipinski definition) is 4. The third kappa shape index (κ3) is 2.24. The second-order valence-electron chi connectivity index (χ2n) is 4.32. The molecule has 6 heteroatoms. The molecule has 0 unspecified atom stereocenters. The Kier molecular flexibility index (Phi) is 2.81. The molecule has 2 rings (SSSR count). The van der Waals surface area contributed by atoms with Crippen LogP contribution in [0.5, 0.6) is 0 Å². The van der Waals surface area contributed by atoms with Gasteiger partial charge in [-0.3, -0.25) is 14.2 Å². The van der Waals surface area contributed by atoms with Crippen LogP contribution in [0.2, 0.25) is 0 Å². The summed E-state index contributed by atoms with van der Waals surface area (Å²) in [5, 5.41) is 0. The fourth-order valence-electron chi connectivity index (χ4n) is 2.07. The Hall–Kier alpha value is -1.24. The number of ketones is 1. The fourth-order valence-corrected chi connectivity index (χ4v) is 2.86. The largest absolute Gasteiger partial charge is 0.298 e. The van der Waals surface area contributed by atoms with E-state index < -0.39 is 10.1 Å². The zero-order chi connectivity index (χ0) is 12.8. The number of carbonyl (C=O) groups excluding carboxylic acids is 1. The lowest BCUT2D eigenvalue weighted by atomic mass is 10.0. The van der Waals surface area contributed by atoms with E-state index >= 15 is 0 Å². The van der Waals surface area contributed by atoms with Crippen molar-refractivity contribution in [2.75, 3.05) is 7.05 Å². The third-order valence-electron chi connectivity index (χ3n) is 2.85. The molecule has 1 aliphatic rings. The Morgan fingerprint density at radius 3 is 2.53 bits per heavy atom. The summed E-state index contributed by atoms with van der Waals surface area (Å²) in [6.45, 7) is 2.41. The molecule has 1 heterocycles. The lowest BCUT2D eigenvalue weighted by molar-refractivity contribution is 0.101. The topological polar surface area (TPSA) is 74.7 Å². The second kappa shape index (κ2) is 3.90. The van der Waals surface area contributed by atoms with Crippen LogP contribution < -0.4 is 0 Å². The minimum atomic E-state index is -4.29. The van der Waals surface area contributed by atoms with E-state index in [9.17, 15) is 17.8 Å². The molecule has 92 valence electrons. The van der Waals surface area contributed by atoms with E-state index in [2.05, 4.69) is 0 Å². The molecule has 0 spiro atoms. The Morgan fingerprint density at radius 1 is 1.35 bits per heavy atom. The first-order valence-corrected chi connectivity index (χ1v) is 6.56. The van der Waals surface area contributed by atoms with Gasteiger partial charge in [0, 0.05) is 18.7 Å². The quantitative estimate of drug-likeness (QED) is 0.632. The van der Waals surface area contributed by atoms with Gasteiger partial charge in [0.15, 0.2) is 5.78 Å². The summed E-state index contributed by atoms with van der Waals surface area (Å²) in [5.41, 5.74) is 1.68. The van der Waals surface area contributed by atoms with Crippen LogP contribution in [0, 0.1) is 0 Å². The number of nitrogens with zero attached hydrogens (tertiary/aromatic N) is 1. The predicted octanol–water partition coefficient (Wildman–Crippen LogP) is 1.08. The van der Waals surface area contributed by atoms with Crippen molar-refractivity contribution < 1.29 is 17.8 Å². The highest BCUT2D eigenvalue weighted by atomic mass is 32.2. The molecule has 0 saturated carbocycles. The van der Waals surface area contributed by atoms with Crippen molar-refractivity contribution >= 4 is 15.9 Å². The van der Waals surface area contributed by atoms with Gasteiger partial charge in [0.05, 0.1) is 4.90 Å². The van der Waals surface area contributed by atoms with Crippen molar-refractivity contribution in [3.05, 3.63) is 28.8 Å². The molecule has 1 aromatic carbocycles. The van der Waals surface area contributed by atoms with E-state index in [0.717, 1.165) is 5.56 Å².